The van der Waals surface area contributed by atoms with Crippen LogP contribution in [0.25, 0.3) is 0 Å². The van der Waals surface area contributed by atoms with Gasteiger partial charge in [0.1, 0.15) is 0 Å². The largest absolute Gasteiger partial charge is 0.354 e. The lowest BCUT2D eigenvalue weighted by Gasteiger charge is -2.07. The number of benzene rings is 2. The molecule has 1 aromatic heterocycles. The summed E-state index contributed by atoms with van der Waals surface area (Å²) in [5.74, 6) is 0.0622. The Balaban J connectivity index is 1.95. The average molecular weight is 293 g/mol. The summed E-state index contributed by atoms with van der Waals surface area (Å²) in [6, 6.07) is 21.3. The SMILES string of the molecule is Cc1cc(Nc2ccccc2)c(C(=O)c2ccccc2)s1. The molecule has 0 fully saturated rings. The van der Waals surface area contributed by atoms with Crippen molar-refractivity contribution in [3.8, 4) is 0 Å². The summed E-state index contributed by atoms with van der Waals surface area (Å²) in [7, 11) is 0. The second kappa shape index (κ2) is 5.94. The number of aryl methyl sites for hydroxylation is 1. The molecule has 0 saturated carbocycles. The highest BCUT2D eigenvalue weighted by Gasteiger charge is 2.16. The maximum Gasteiger partial charge on any atom is 0.205 e. The normalized spacial score (nSPS) is 10.3. The van der Waals surface area contributed by atoms with E-state index in [9.17, 15) is 4.79 Å². The van der Waals surface area contributed by atoms with Crippen LogP contribution in [0, 0.1) is 6.92 Å². The van der Waals surface area contributed by atoms with E-state index >= 15 is 0 Å². The van der Waals surface area contributed by atoms with E-state index in [0.29, 0.717) is 0 Å². The van der Waals surface area contributed by atoms with Crippen molar-refractivity contribution in [3.63, 3.8) is 0 Å². The van der Waals surface area contributed by atoms with Crippen LogP contribution in [-0.2, 0) is 0 Å². The van der Waals surface area contributed by atoms with Crippen LogP contribution >= 0.6 is 11.3 Å². The van der Waals surface area contributed by atoms with E-state index < -0.39 is 0 Å². The second-order valence-electron chi connectivity index (χ2n) is 4.79. The molecule has 0 aliphatic carbocycles. The molecule has 0 bridgehead atoms. The molecule has 0 spiro atoms. The summed E-state index contributed by atoms with van der Waals surface area (Å²) in [5, 5.41) is 3.33. The zero-order valence-electron chi connectivity index (χ0n) is 11.7. The van der Waals surface area contributed by atoms with Crippen LogP contribution in [0.4, 0.5) is 11.4 Å². The number of rotatable bonds is 4. The predicted octanol–water partition coefficient (Wildman–Crippen LogP) is 5.03. The van der Waals surface area contributed by atoms with E-state index in [1.165, 1.54) is 11.3 Å². The average Bonchev–Trinajstić information content (AvgIpc) is 2.89. The summed E-state index contributed by atoms with van der Waals surface area (Å²) in [6.07, 6.45) is 0. The second-order valence-corrected chi connectivity index (χ2v) is 6.04. The van der Waals surface area contributed by atoms with Crippen molar-refractivity contribution in [2.75, 3.05) is 5.32 Å². The van der Waals surface area contributed by atoms with Gasteiger partial charge in [-0.2, -0.15) is 0 Å². The summed E-state index contributed by atoms with van der Waals surface area (Å²) in [6.45, 7) is 2.02. The zero-order valence-corrected chi connectivity index (χ0v) is 12.5. The molecule has 0 aliphatic heterocycles. The number of hydrogen-bond donors (Lipinski definition) is 1. The van der Waals surface area contributed by atoms with Crippen molar-refractivity contribution in [2.24, 2.45) is 0 Å². The van der Waals surface area contributed by atoms with Crippen LogP contribution in [0.5, 0.6) is 0 Å². The Hall–Kier alpha value is -2.39. The van der Waals surface area contributed by atoms with Crippen LogP contribution in [-0.4, -0.2) is 5.78 Å². The Kier molecular flexibility index (Phi) is 3.84. The van der Waals surface area contributed by atoms with Gasteiger partial charge in [-0.3, -0.25) is 4.79 Å². The smallest absolute Gasteiger partial charge is 0.205 e. The first-order valence-corrected chi connectivity index (χ1v) is 7.58. The van der Waals surface area contributed by atoms with Gasteiger partial charge in [0.2, 0.25) is 5.78 Å². The minimum atomic E-state index is 0.0622. The molecule has 0 unspecified atom stereocenters. The third-order valence-corrected chi connectivity index (χ3v) is 4.20. The number of carbonyl (C=O) groups excluding carboxylic acids is 1. The van der Waals surface area contributed by atoms with Crippen LogP contribution < -0.4 is 5.32 Å². The van der Waals surface area contributed by atoms with Gasteiger partial charge in [-0.15, -0.1) is 11.3 Å². The van der Waals surface area contributed by atoms with E-state index in [4.69, 9.17) is 0 Å². The van der Waals surface area contributed by atoms with Crippen molar-refractivity contribution in [2.45, 2.75) is 6.92 Å². The number of carbonyl (C=O) groups is 1. The summed E-state index contributed by atoms with van der Waals surface area (Å²) < 4.78 is 0. The molecule has 1 heterocycles. The molecular formula is C18H15NOS. The fraction of sp³-hybridized carbons (Fsp3) is 0.0556. The third kappa shape index (κ3) is 3.03. The lowest BCUT2D eigenvalue weighted by Crippen LogP contribution is -2.01. The molecule has 0 atom stereocenters. The number of anilines is 2. The molecule has 0 aliphatic rings. The molecule has 2 nitrogen and oxygen atoms in total. The fourth-order valence-electron chi connectivity index (χ4n) is 2.17. The van der Waals surface area contributed by atoms with Gasteiger partial charge in [0.25, 0.3) is 0 Å². The predicted molar refractivity (Wildman–Crippen MR) is 88.7 cm³/mol. The number of nitrogens with one attached hydrogen (secondary N) is 1. The first-order chi connectivity index (χ1) is 10.2. The molecule has 1 N–H and O–H groups in total. The molecular weight excluding hydrogens is 278 g/mol. The van der Waals surface area contributed by atoms with Crippen molar-refractivity contribution in [1.29, 1.82) is 0 Å². The van der Waals surface area contributed by atoms with E-state index in [1.54, 1.807) is 0 Å². The van der Waals surface area contributed by atoms with Gasteiger partial charge in [-0.1, -0.05) is 48.5 Å². The first-order valence-electron chi connectivity index (χ1n) is 6.76. The van der Waals surface area contributed by atoms with Gasteiger partial charge in [0, 0.05) is 16.1 Å². The Labute approximate surface area is 128 Å². The van der Waals surface area contributed by atoms with Crippen molar-refractivity contribution < 1.29 is 4.79 Å². The Morgan fingerprint density at radius 2 is 1.57 bits per heavy atom. The Morgan fingerprint density at radius 3 is 2.24 bits per heavy atom. The maximum absolute atomic E-state index is 12.6. The Bertz CT molecular complexity index is 747. The van der Waals surface area contributed by atoms with E-state index in [2.05, 4.69) is 5.32 Å². The van der Waals surface area contributed by atoms with Gasteiger partial charge < -0.3 is 5.32 Å². The van der Waals surface area contributed by atoms with Crippen LogP contribution in [0.15, 0.2) is 66.7 Å². The third-order valence-electron chi connectivity index (χ3n) is 3.15. The summed E-state index contributed by atoms with van der Waals surface area (Å²) in [5.41, 5.74) is 2.57. The summed E-state index contributed by atoms with van der Waals surface area (Å²) in [4.78, 5) is 14.5. The highest BCUT2D eigenvalue weighted by molar-refractivity contribution is 7.14. The molecule has 3 aromatic rings. The standard InChI is InChI=1S/C18H15NOS/c1-13-12-16(19-15-10-6-3-7-11-15)18(21-13)17(20)14-8-4-2-5-9-14/h2-12,19H,1H3. The van der Waals surface area contributed by atoms with E-state index in [1.807, 2.05) is 73.7 Å². The van der Waals surface area contributed by atoms with Gasteiger partial charge in [0.15, 0.2) is 0 Å². The lowest BCUT2D eigenvalue weighted by molar-refractivity contribution is 0.104. The zero-order chi connectivity index (χ0) is 14.7. The number of ketones is 1. The van der Waals surface area contributed by atoms with Crippen molar-refractivity contribution in [1.82, 2.24) is 0 Å². The van der Waals surface area contributed by atoms with Gasteiger partial charge in [-0.25, -0.2) is 0 Å². The monoisotopic (exact) mass is 293 g/mol. The number of hydrogen-bond acceptors (Lipinski definition) is 3. The van der Waals surface area contributed by atoms with Crippen LogP contribution in [0.1, 0.15) is 20.1 Å². The molecule has 2 aromatic carbocycles. The molecule has 0 saturated heterocycles. The molecule has 104 valence electrons. The minimum Gasteiger partial charge on any atom is -0.354 e. The lowest BCUT2D eigenvalue weighted by atomic mass is 10.1. The van der Waals surface area contributed by atoms with Crippen LogP contribution in [0.3, 0.4) is 0 Å². The van der Waals surface area contributed by atoms with E-state index in [-0.39, 0.29) is 5.78 Å². The Morgan fingerprint density at radius 1 is 0.952 bits per heavy atom. The topological polar surface area (TPSA) is 29.1 Å². The summed E-state index contributed by atoms with van der Waals surface area (Å²) >= 11 is 1.52. The maximum atomic E-state index is 12.6. The highest BCUT2D eigenvalue weighted by atomic mass is 32.1. The number of thiophene rings is 1. The molecule has 21 heavy (non-hydrogen) atoms. The molecule has 3 heteroatoms. The van der Waals surface area contributed by atoms with Gasteiger partial charge in [-0.05, 0) is 25.1 Å². The molecule has 0 amide bonds. The van der Waals surface area contributed by atoms with Crippen molar-refractivity contribution in [3.05, 3.63) is 82.0 Å². The quantitative estimate of drug-likeness (QED) is 0.683. The molecule has 0 radical (unpaired) electrons. The van der Waals surface area contributed by atoms with E-state index in [0.717, 1.165) is 26.7 Å². The van der Waals surface area contributed by atoms with Crippen molar-refractivity contribution >= 4 is 28.5 Å². The van der Waals surface area contributed by atoms with Gasteiger partial charge in [0.05, 0.1) is 10.6 Å². The fourth-order valence-corrected chi connectivity index (χ4v) is 3.10. The minimum absolute atomic E-state index is 0.0622. The molecule has 3 rings (SSSR count). The first kappa shape index (κ1) is 13.6. The highest BCUT2D eigenvalue weighted by Crippen LogP contribution is 2.31. The van der Waals surface area contributed by atoms with Gasteiger partial charge >= 0.3 is 0 Å². The van der Waals surface area contributed by atoms with Crippen LogP contribution in [0.2, 0.25) is 0 Å². The number of para-hydroxylation sites is 1.